The van der Waals surface area contributed by atoms with Crippen LogP contribution in [0.2, 0.25) is 5.02 Å². The number of nitrogens with one attached hydrogen (secondary N) is 1. The first kappa shape index (κ1) is 25.5. The summed E-state index contributed by atoms with van der Waals surface area (Å²) < 4.78 is 10.5. The molecule has 0 spiro atoms. The van der Waals surface area contributed by atoms with Gasteiger partial charge < -0.3 is 19.7 Å². The summed E-state index contributed by atoms with van der Waals surface area (Å²) in [5.74, 6) is 0.406. The lowest BCUT2D eigenvalue weighted by atomic mass is 9.98. The molecule has 1 aliphatic heterocycles. The fraction of sp³-hybridized carbons (Fsp3) is 0.400. The fourth-order valence-corrected chi connectivity index (χ4v) is 4.00. The van der Waals surface area contributed by atoms with Crippen molar-refractivity contribution in [3.8, 4) is 5.75 Å². The molecule has 2 aromatic carbocycles. The summed E-state index contributed by atoms with van der Waals surface area (Å²) in [7, 11) is 3.17. The summed E-state index contributed by atoms with van der Waals surface area (Å²) in [6.45, 7) is 2.97. The summed E-state index contributed by atoms with van der Waals surface area (Å²) >= 11 is 6.50. The number of rotatable bonds is 10. The van der Waals surface area contributed by atoms with Gasteiger partial charge in [-0.25, -0.2) is 9.80 Å². The molecule has 0 aromatic heterocycles. The maximum Gasteiger partial charge on any atom is 0.317 e. The lowest BCUT2D eigenvalue weighted by Gasteiger charge is -2.27. The van der Waals surface area contributed by atoms with E-state index in [-0.39, 0.29) is 31.1 Å². The van der Waals surface area contributed by atoms with Crippen molar-refractivity contribution < 1.29 is 19.1 Å². The molecule has 1 N–H and O–H groups in total. The van der Waals surface area contributed by atoms with E-state index in [0.717, 1.165) is 23.3 Å². The number of methoxy groups -OCH3 is 2. The summed E-state index contributed by atoms with van der Waals surface area (Å²) in [6.07, 6.45) is 1.29. The van der Waals surface area contributed by atoms with E-state index in [4.69, 9.17) is 21.1 Å². The number of nitrogens with zero attached hydrogens (tertiary/aromatic N) is 3. The van der Waals surface area contributed by atoms with Crippen LogP contribution in [0.1, 0.15) is 36.9 Å². The summed E-state index contributed by atoms with van der Waals surface area (Å²) in [6, 6.07) is 14.3. The van der Waals surface area contributed by atoms with Crippen LogP contribution in [-0.4, -0.2) is 68.0 Å². The van der Waals surface area contributed by atoms with E-state index in [1.54, 1.807) is 20.3 Å². The first-order chi connectivity index (χ1) is 16.5. The molecule has 3 rings (SSSR count). The highest BCUT2D eigenvalue weighted by atomic mass is 35.5. The van der Waals surface area contributed by atoms with Crippen molar-refractivity contribution in [3.63, 3.8) is 0 Å². The largest absolute Gasteiger partial charge is 0.497 e. The minimum atomic E-state index is -0.384. The standard InChI is InChI=1S/C25H31ClN4O4/c1-4-12-27-25(32)29(13-14-33-2)17-24(31)30-23(20-10-5-6-11-21(20)26)16-22(28-30)18-8-7-9-19(15-18)34-3/h5-11,15,23H,4,12-14,16-17H2,1-3H3,(H,27,32). The van der Waals surface area contributed by atoms with Gasteiger partial charge in [0.2, 0.25) is 0 Å². The Bertz CT molecular complexity index is 1030. The van der Waals surface area contributed by atoms with Gasteiger partial charge in [0.25, 0.3) is 5.91 Å². The van der Waals surface area contributed by atoms with Gasteiger partial charge in [0.1, 0.15) is 12.3 Å². The minimum Gasteiger partial charge on any atom is -0.497 e. The van der Waals surface area contributed by atoms with Crippen LogP contribution in [0.5, 0.6) is 5.75 Å². The Morgan fingerprint density at radius 2 is 2.00 bits per heavy atom. The zero-order valence-corrected chi connectivity index (χ0v) is 20.5. The predicted octanol–water partition coefficient (Wildman–Crippen LogP) is 4.09. The van der Waals surface area contributed by atoms with E-state index in [1.165, 1.54) is 9.91 Å². The van der Waals surface area contributed by atoms with Gasteiger partial charge in [-0.1, -0.05) is 48.9 Å². The molecule has 9 heteroatoms. The van der Waals surface area contributed by atoms with Crippen LogP contribution in [0.3, 0.4) is 0 Å². The number of hydrogen-bond donors (Lipinski definition) is 1. The maximum absolute atomic E-state index is 13.5. The highest BCUT2D eigenvalue weighted by molar-refractivity contribution is 6.31. The van der Waals surface area contributed by atoms with E-state index in [0.29, 0.717) is 30.3 Å². The summed E-state index contributed by atoms with van der Waals surface area (Å²) in [4.78, 5) is 27.6. The second-order valence-corrected chi connectivity index (χ2v) is 8.31. The minimum absolute atomic E-state index is 0.130. The number of hydrazone groups is 1. The van der Waals surface area contributed by atoms with Crippen molar-refractivity contribution >= 4 is 29.3 Å². The van der Waals surface area contributed by atoms with E-state index >= 15 is 0 Å². The van der Waals surface area contributed by atoms with Gasteiger partial charge in [0.15, 0.2) is 0 Å². The van der Waals surface area contributed by atoms with Gasteiger partial charge in [-0.2, -0.15) is 5.10 Å². The molecule has 0 bridgehead atoms. The molecule has 1 heterocycles. The molecule has 0 saturated carbocycles. The topological polar surface area (TPSA) is 83.5 Å². The smallest absolute Gasteiger partial charge is 0.317 e. The van der Waals surface area contributed by atoms with Gasteiger partial charge in [-0.3, -0.25) is 4.79 Å². The number of carbonyl (C=O) groups is 2. The van der Waals surface area contributed by atoms with Crippen molar-refractivity contribution in [2.75, 3.05) is 40.5 Å². The number of benzene rings is 2. The van der Waals surface area contributed by atoms with Crippen LogP contribution in [0.25, 0.3) is 0 Å². The van der Waals surface area contributed by atoms with Gasteiger partial charge in [-0.15, -0.1) is 0 Å². The number of amides is 3. The SMILES string of the molecule is CCCNC(=O)N(CCOC)CC(=O)N1N=C(c2cccc(OC)c2)CC1c1ccccc1Cl. The Balaban J connectivity index is 1.90. The molecular weight excluding hydrogens is 456 g/mol. The van der Waals surface area contributed by atoms with Gasteiger partial charge in [0.05, 0.1) is 25.5 Å². The van der Waals surface area contributed by atoms with Crippen LogP contribution in [0.15, 0.2) is 53.6 Å². The Hall–Kier alpha value is -3.10. The molecule has 34 heavy (non-hydrogen) atoms. The summed E-state index contributed by atoms with van der Waals surface area (Å²) in [5, 5.41) is 9.52. The molecule has 1 aliphatic rings. The van der Waals surface area contributed by atoms with Crippen LogP contribution in [-0.2, 0) is 9.53 Å². The Morgan fingerprint density at radius 3 is 2.71 bits per heavy atom. The average Bonchev–Trinajstić information content (AvgIpc) is 3.30. The normalized spacial score (nSPS) is 15.1. The third-order valence-electron chi connectivity index (χ3n) is 5.54. The number of ether oxygens (including phenoxy) is 2. The first-order valence-corrected chi connectivity index (χ1v) is 11.7. The lowest BCUT2D eigenvalue weighted by molar-refractivity contribution is -0.133. The molecule has 182 valence electrons. The molecular formula is C25H31ClN4O4. The van der Waals surface area contributed by atoms with Crippen LogP contribution in [0, 0.1) is 0 Å². The molecule has 0 saturated heterocycles. The number of halogens is 1. The zero-order valence-electron chi connectivity index (χ0n) is 19.8. The zero-order chi connectivity index (χ0) is 24.5. The van der Waals surface area contributed by atoms with Crippen LogP contribution in [0.4, 0.5) is 4.79 Å². The number of hydrogen-bond acceptors (Lipinski definition) is 5. The van der Waals surface area contributed by atoms with Gasteiger partial charge in [-0.05, 0) is 30.2 Å². The maximum atomic E-state index is 13.5. The van der Waals surface area contributed by atoms with Crippen LogP contribution >= 0.6 is 11.6 Å². The number of urea groups is 1. The van der Waals surface area contributed by atoms with Crippen molar-refractivity contribution in [3.05, 3.63) is 64.7 Å². The first-order valence-electron chi connectivity index (χ1n) is 11.3. The van der Waals surface area contributed by atoms with E-state index in [9.17, 15) is 9.59 Å². The third-order valence-corrected chi connectivity index (χ3v) is 5.88. The molecule has 0 radical (unpaired) electrons. The fourth-order valence-electron chi connectivity index (χ4n) is 3.74. The monoisotopic (exact) mass is 486 g/mol. The van der Waals surface area contributed by atoms with Gasteiger partial charge in [0, 0.05) is 37.2 Å². The predicted molar refractivity (Wildman–Crippen MR) is 132 cm³/mol. The average molecular weight is 487 g/mol. The van der Waals surface area contributed by atoms with Crippen molar-refractivity contribution in [2.45, 2.75) is 25.8 Å². The van der Waals surface area contributed by atoms with Gasteiger partial charge >= 0.3 is 6.03 Å². The highest BCUT2D eigenvalue weighted by Gasteiger charge is 2.35. The Labute approximate surface area is 205 Å². The molecule has 1 atom stereocenters. The summed E-state index contributed by atoms with van der Waals surface area (Å²) in [5.41, 5.74) is 2.41. The molecule has 3 amide bonds. The molecule has 2 aromatic rings. The van der Waals surface area contributed by atoms with E-state index in [2.05, 4.69) is 10.4 Å². The van der Waals surface area contributed by atoms with Crippen LogP contribution < -0.4 is 10.1 Å². The third kappa shape index (κ3) is 6.27. The second kappa shape index (κ2) is 12.4. The quantitative estimate of drug-likeness (QED) is 0.548. The Morgan fingerprint density at radius 1 is 1.21 bits per heavy atom. The van der Waals surface area contributed by atoms with E-state index < -0.39 is 0 Å². The molecule has 8 nitrogen and oxygen atoms in total. The lowest BCUT2D eigenvalue weighted by Crippen LogP contribution is -2.47. The van der Waals surface area contributed by atoms with E-state index in [1.807, 2.05) is 49.4 Å². The van der Waals surface area contributed by atoms with Crippen molar-refractivity contribution in [1.29, 1.82) is 0 Å². The molecule has 1 unspecified atom stereocenters. The highest BCUT2D eigenvalue weighted by Crippen LogP contribution is 2.36. The molecule has 0 fully saturated rings. The number of carbonyl (C=O) groups excluding carboxylic acids is 2. The second-order valence-electron chi connectivity index (χ2n) is 7.90. The van der Waals surface area contributed by atoms with Crippen molar-refractivity contribution in [2.24, 2.45) is 5.10 Å². The Kier molecular flexibility index (Phi) is 9.30. The van der Waals surface area contributed by atoms with Crippen molar-refractivity contribution in [1.82, 2.24) is 15.2 Å². The molecule has 0 aliphatic carbocycles.